The molecule has 0 atom stereocenters. The standard InChI is InChI=1S/C17H14Cl2N2O2/c1-10-3-5-12(6-4-10)16-11(2)20(22)17(21(16)23)14-8-7-13(18)9-15(14)19/h3-9,23H,1-2H3. The maximum absolute atomic E-state index is 12.5. The summed E-state index contributed by atoms with van der Waals surface area (Å²) in [5.41, 5.74) is 3.07. The predicted octanol–water partition coefficient (Wildman–Crippen LogP) is 4.62. The van der Waals surface area contributed by atoms with Crippen LogP contribution in [0.5, 0.6) is 0 Å². The molecule has 0 saturated heterocycles. The SMILES string of the molecule is Cc1ccc(-c2c(C)[n+]([O-])c(-c3ccc(Cl)cc3Cl)n2O)cc1. The van der Waals surface area contributed by atoms with Gasteiger partial charge in [0.2, 0.25) is 5.69 Å². The molecular formula is C17H14Cl2N2O2. The second-order valence-corrected chi connectivity index (χ2v) is 6.20. The minimum absolute atomic E-state index is 0.0553. The second kappa shape index (κ2) is 5.80. The molecule has 1 heterocycles. The average Bonchev–Trinajstić information content (AvgIpc) is 2.72. The third-order valence-electron chi connectivity index (χ3n) is 3.75. The Bertz CT molecular complexity index is 887. The Balaban J connectivity index is 2.24. The van der Waals surface area contributed by atoms with Crippen LogP contribution in [0.15, 0.2) is 42.5 Å². The van der Waals surface area contributed by atoms with E-state index in [9.17, 15) is 10.4 Å². The Kier molecular flexibility index (Phi) is 3.96. The van der Waals surface area contributed by atoms with Crippen molar-refractivity contribution in [2.24, 2.45) is 0 Å². The van der Waals surface area contributed by atoms with E-state index in [1.54, 1.807) is 19.1 Å². The van der Waals surface area contributed by atoms with Crippen molar-refractivity contribution in [3.8, 4) is 22.6 Å². The van der Waals surface area contributed by atoms with E-state index in [1.165, 1.54) is 6.07 Å². The molecule has 6 heteroatoms. The van der Waals surface area contributed by atoms with Crippen LogP contribution in [0.25, 0.3) is 22.6 Å². The van der Waals surface area contributed by atoms with E-state index in [2.05, 4.69) is 0 Å². The maximum atomic E-state index is 12.5. The number of aromatic nitrogens is 2. The zero-order chi connectivity index (χ0) is 16.7. The van der Waals surface area contributed by atoms with Gasteiger partial charge in [-0.1, -0.05) is 53.0 Å². The number of nitrogens with zero attached hydrogens (tertiary/aromatic N) is 2. The van der Waals surface area contributed by atoms with Crippen molar-refractivity contribution in [3.63, 3.8) is 0 Å². The van der Waals surface area contributed by atoms with Gasteiger partial charge in [-0.15, -0.1) is 0 Å². The van der Waals surface area contributed by atoms with Crippen molar-refractivity contribution >= 4 is 23.2 Å². The van der Waals surface area contributed by atoms with Crippen LogP contribution >= 0.6 is 23.2 Å². The summed E-state index contributed by atoms with van der Waals surface area (Å²) in [6, 6.07) is 12.3. The Labute approximate surface area is 143 Å². The van der Waals surface area contributed by atoms with Crippen molar-refractivity contribution in [3.05, 3.63) is 69.0 Å². The van der Waals surface area contributed by atoms with Gasteiger partial charge in [-0.25, -0.2) is 4.73 Å². The highest BCUT2D eigenvalue weighted by molar-refractivity contribution is 6.36. The van der Waals surface area contributed by atoms with Gasteiger partial charge in [-0.2, -0.15) is 0 Å². The van der Waals surface area contributed by atoms with Crippen molar-refractivity contribution in [1.29, 1.82) is 0 Å². The summed E-state index contributed by atoms with van der Waals surface area (Å²) in [6.07, 6.45) is 0. The Morgan fingerprint density at radius 1 is 1.04 bits per heavy atom. The Morgan fingerprint density at radius 3 is 2.30 bits per heavy atom. The minimum Gasteiger partial charge on any atom is -0.710 e. The predicted molar refractivity (Wildman–Crippen MR) is 90.9 cm³/mol. The molecule has 0 spiro atoms. The van der Waals surface area contributed by atoms with Crippen molar-refractivity contribution in [2.75, 3.05) is 0 Å². The first-order valence-corrected chi connectivity index (χ1v) is 7.72. The van der Waals surface area contributed by atoms with Gasteiger partial charge in [0.05, 0.1) is 10.6 Å². The molecule has 0 fully saturated rings. The first-order valence-electron chi connectivity index (χ1n) is 6.96. The molecule has 1 N–H and O–H groups in total. The van der Waals surface area contributed by atoms with Crippen molar-refractivity contribution in [1.82, 2.24) is 4.73 Å². The van der Waals surface area contributed by atoms with Gasteiger partial charge < -0.3 is 10.4 Å². The lowest BCUT2D eigenvalue weighted by molar-refractivity contribution is -0.600. The molecule has 0 saturated carbocycles. The van der Waals surface area contributed by atoms with Gasteiger partial charge in [0.1, 0.15) is 0 Å². The summed E-state index contributed by atoms with van der Waals surface area (Å²) >= 11 is 12.1. The fourth-order valence-electron chi connectivity index (χ4n) is 2.54. The van der Waals surface area contributed by atoms with Crippen LogP contribution in [-0.4, -0.2) is 9.94 Å². The van der Waals surface area contributed by atoms with Gasteiger partial charge in [0, 0.05) is 17.5 Å². The largest absolute Gasteiger partial charge is 0.710 e. The smallest absolute Gasteiger partial charge is 0.333 e. The van der Waals surface area contributed by atoms with E-state index in [0.29, 0.717) is 31.7 Å². The molecule has 118 valence electrons. The van der Waals surface area contributed by atoms with E-state index < -0.39 is 0 Å². The summed E-state index contributed by atoms with van der Waals surface area (Å²) < 4.78 is 1.55. The summed E-state index contributed by atoms with van der Waals surface area (Å²) in [6.45, 7) is 3.63. The number of rotatable bonds is 2. The highest BCUT2D eigenvalue weighted by Gasteiger charge is 2.29. The molecule has 0 bridgehead atoms. The molecule has 0 aliphatic rings. The summed E-state index contributed by atoms with van der Waals surface area (Å²) in [5.74, 6) is 0.0553. The number of halogens is 2. The van der Waals surface area contributed by atoms with E-state index >= 15 is 0 Å². The first-order chi connectivity index (χ1) is 10.9. The molecule has 1 aromatic heterocycles. The number of hydrogen-bond donors (Lipinski definition) is 1. The van der Waals surface area contributed by atoms with Gasteiger partial charge >= 0.3 is 5.82 Å². The lowest BCUT2D eigenvalue weighted by atomic mass is 10.1. The summed E-state index contributed by atoms with van der Waals surface area (Å²) in [5, 5.41) is 23.9. The third kappa shape index (κ3) is 2.64. The van der Waals surface area contributed by atoms with E-state index in [0.717, 1.165) is 15.9 Å². The monoisotopic (exact) mass is 348 g/mol. The normalized spacial score (nSPS) is 11.0. The first kappa shape index (κ1) is 15.7. The molecule has 0 amide bonds. The molecule has 4 nitrogen and oxygen atoms in total. The van der Waals surface area contributed by atoms with Crippen LogP contribution < -0.4 is 4.73 Å². The zero-order valence-corrected chi connectivity index (χ0v) is 14.1. The Morgan fingerprint density at radius 2 is 1.70 bits per heavy atom. The van der Waals surface area contributed by atoms with Crippen LogP contribution in [0.3, 0.4) is 0 Å². The van der Waals surface area contributed by atoms with Gasteiger partial charge in [0.25, 0.3) is 0 Å². The molecule has 23 heavy (non-hydrogen) atoms. The Hall–Kier alpha value is -2.17. The lowest BCUT2D eigenvalue weighted by Crippen LogP contribution is -2.30. The number of hydrogen-bond acceptors (Lipinski definition) is 2. The number of aryl methyl sites for hydroxylation is 1. The van der Waals surface area contributed by atoms with Gasteiger partial charge in [-0.05, 0) is 29.9 Å². The molecule has 3 aromatic rings. The van der Waals surface area contributed by atoms with Crippen LogP contribution in [0.4, 0.5) is 0 Å². The van der Waals surface area contributed by atoms with Gasteiger partial charge in [-0.3, -0.25) is 0 Å². The van der Waals surface area contributed by atoms with E-state index in [4.69, 9.17) is 23.2 Å². The topological polar surface area (TPSA) is 52.1 Å². The van der Waals surface area contributed by atoms with Gasteiger partial charge in [0.15, 0.2) is 5.69 Å². The highest BCUT2D eigenvalue weighted by atomic mass is 35.5. The third-order valence-corrected chi connectivity index (χ3v) is 4.30. The zero-order valence-electron chi connectivity index (χ0n) is 12.5. The van der Waals surface area contributed by atoms with Crippen molar-refractivity contribution in [2.45, 2.75) is 13.8 Å². The minimum atomic E-state index is 0.0553. The summed E-state index contributed by atoms with van der Waals surface area (Å²) in [4.78, 5) is 0. The van der Waals surface area contributed by atoms with E-state index in [-0.39, 0.29) is 5.82 Å². The van der Waals surface area contributed by atoms with Crippen LogP contribution in [0.1, 0.15) is 11.3 Å². The van der Waals surface area contributed by atoms with Crippen LogP contribution in [-0.2, 0) is 0 Å². The molecular weight excluding hydrogens is 335 g/mol. The quantitative estimate of drug-likeness (QED) is 0.417. The number of benzene rings is 2. The van der Waals surface area contributed by atoms with Crippen LogP contribution in [0.2, 0.25) is 10.0 Å². The fourth-order valence-corrected chi connectivity index (χ4v) is 3.03. The molecule has 0 unspecified atom stereocenters. The second-order valence-electron chi connectivity index (χ2n) is 5.35. The molecule has 0 radical (unpaired) electrons. The highest BCUT2D eigenvalue weighted by Crippen LogP contribution is 2.32. The summed E-state index contributed by atoms with van der Waals surface area (Å²) in [7, 11) is 0. The number of imidazole rings is 1. The molecule has 3 rings (SSSR count). The fraction of sp³-hybridized carbons (Fsp3) is 0.118. The lowest BCUT2D eigenvalue weighted by Gasteiger charge is -2.05. The van der Waals surface area contributed by atoms with Crippen molar-refractivity contribution < 1.29 is 9.94 Å². The molecule has 0 aliphatic carbocycles. The molecule has 0 aliphatic heterocycles. The van der Waals surface area contributed by atoms with Crippen LogP contribution in [0, 0.1) is 19.1 Å². The molecule has 2 aromatic carbocycles. The van der Waals surface area contributed by atoms with E-state index in [1.807, 2.05) is 31.2 Å². The average molecular weight is 349 g/mol. The maximum Gasteiger partial charge on any atom is 0.333 e.